The molecule has 2 aromatic rings. The van der Waals surface area contributed by atoms with Crippen molar-refractivity contribution in [1.82, 2.24) is 9.13 Å². The average Bonchev–Trinajstić information content (AvgIpc) is 2.53. The Morgan fingerprint density at radius 3 is 1.56 bits per heavy atom. The van der Waals surface area contributed by atoms with E-state index in [2.05, 4.69) is 0 Å². The van der Waals surface area contributed by atoms with Crippen LogP contribution in [0.3, 0.4) is 0 Å². The fourth-order valence-electron chi connectivity index (χ4n) is 2.60. The second-order valence-corrected chi connectivity index (χ2v) is 5.61. The average molecular weight is 340 g/mol. The molecule has 0 bridgehead atoms. The Labute approximate surface area is 143 Å². The van der Waals surface area contributed by atoms with Crippen LogP contribution >= 0.6 is 0 Å². The zero-order chi connectivity index (χ0) is 18.7. The van der Waals surface area contributed by atoms with Crippen LogP contribution in [0, 0.1) is 36.5 Å². The zero-order valence-corrected chi connectivity index (χ0v) is 13.8. The zero-order valence-electron chi connectivity index (χ0n) is 13.8. The first-order chi connectivity index (χ1) is 11.8. The predicted octanol–water partition coefficient (Wildman–Crippen LogP) is 0.872. The van der Waals surface area contributed by atoms with Gasteiger partial charge in [0, 0.05) is 25.2 Å². The summed E-state index contributed by atoms with van der Waals surface area (Å²) in [4.78, 5) is 24.0. The third-order valence-corrected chi connectivity index (χ3v) is 3.95. The number of aromatic nitrogens is 2. The molecule has 0 aliphatic rings. The van der Waals surface area contributed by atoms with Crippen LogP contribution in [-0.4, -0.2) is 19.3 Å². The van der Waals surface area contributed by atoms with Crippen molar-refractivity contribution in [1.29, 1.82) is 10.5 Å². The maximum atomic E-state index is 12.0. The summed E-state index contributed by atoms with van der Waals surface area (Å²) in [7, 11) is 0. The second-order valence-electron chi connectivity index (χ2n) is 5.61. The van der Waals surface area contributed by atoms with Gasteiger partial charge in [-0.15, -0.1) is 0 Å². The van der Waals surface area contributed by atoms with E-state index in [1.807, 2.05) is 12.1 Å². The molecule has 8 heteroatoms. The van der Waals surface area contributed by atoms with E-state index >= 15 is 0 Å². The van der Waals surface area contributed by atoms with Gasteiger partial charge in [-0.2, -0.15) is 10.5 Å². The Bertz CT molecular complexity index is 952. The topological polar surface area (TPSA) is 132 Å². The molecule has 25 heavy (non-hydrogen) atoms. The van der Waals surface area contributed by atoms with Gasteiger partial charge >= 0.3 is 0 Å². The molecule has 0 unspecified atom stereocenters. The van der Waals surface area contributed by atoms with E-state index < -0.39 is 22.9 Å². The molecule has 0 saturated heterocycles. The van der Waals surface area contributed by atoms with E-state index in [0.717, 1.165) is 9.13 Å². The van der Waals surface area contributed by atoms with Crippen molar-refractivity contribution >= 4 is 0 Å². The van der Waals surface area contributed by atoms with Crippen LogP contribution in [0.2, 0.25) is 0 Å². The van der Waals surface area contributed by atoms with Crippen molar-refractivity contribution in [2.24, 2.45) is 0 Å². The second kappa shape index (κ2) is 6.93. The van der Waals surface area contributed by atoms with Gasteiger partial charge < -0.3 is 10.2 Å². The molecule has 128 valence electrons. The number of hydrogen-bond acceptors (Lipinski definition) is 6. The molecule has 0 saturated carbocycles. The van der Waals surface area contributed by atoms with Crippen molar-refractivity contribution in [3.63, 3.8) is 0 Å². The fraction of sp³-hybridized carbons (Fsp3) is 0.294. The third kappa shape index (κ3) is 3.24. The molecule has 0 aliphatic carbocycles. The SMILES string of the molecule is Cc1cc(=O)n(CCCn2c(O)c(C#N)c(C)cc2=O)c(O)c1C#N. The Kier molecular flexibility index (Phi) is 4.94. The van der Waals surface area contributed by atoms with Crippen LogP contribution in [0.4, 0.5) is 0 Å². The van der Waals surface area contributed by atoms with Crippen LogP contribution in [0.15, 0.2) is 21.7 Å². The highest BCUT2D eigenvalue weighted by molar-refractivity contribution is 5.44. The number of nitriles is 2. The highest BCUT2D eigenvalue weighted by Crippen LogP contribution is 2.19. The number of aromatic hydroxyl groups is 2. The van der Waals surface area contributed by atoms with Crippen molar-refractivity contribution in [2.75, 3.05) is 0 Å². The van der Waals surface area contributed by atoms with Gasteiger partial charge in [-0.25, -0.2) is 0 Å². The lowest BCUT2D eigenvalue weighted by molar-refractivity contribution is 0.376. The van der Waals surface area contributed by atoms with Crippen molar-refractivity contribution < 1.29 is 10.2 Å². The maximum Gasteiger partial charge on any atom is 0.253 e. The summed E-state index contributed by atoms with van der Waals surface area (Å²) >= 11 is 0. The summed E-state index contributed by atoms with van der Waals surface area (Å²) in [6, 6.07) is 6.18. The summed E-state index contributed by atoms with van der Waals surface area (Å²) in [5.41, 5.74) is -0.137. The lowest BCUT2D eigenvalue weighted by Crippen LogP contribution is -2.24. The maximum absolute atomic E-state index is 12.0. The van der Waals surface area contributed by atoms with Crippen LogP contribution in [0.25, 0.3) is 0 Å². The number of aryl methyl sites for hydroxylation is 2. The van der Waals surface area contributed by atoms with Gasteiger partial charge in [0.2, 0.25) is 11.8 Å². The molecule has 0 amide bonds. The smallest absolute Gasteiger partial charge is 0.253 e. The Balaban J connectivity index is 2.30. The van der Waals surface area contributed by atoms with Crippen LogP contribution in [0.5, 0.6) is 11.8 Å². The highest BCUT2D eigenvalue weighted by Gasteiger charge is 2.14. The molecule has 0 fully saturated rings. The van der Waals surface area contributed by atoms with E-state index in [-0.39, 0.29) is 30.6 Å². The molecular weight excluding hydrogens is 324 g/mol. The molecule has 8 nitrogen and oxygen atoms in total. The van der Waals surface area contributed by atoms with Gasteiger partial charge in [0.15, 0.2) is 0 Å². The highest BCUT2D eigenvalue weighted by atomic mass is 16.3. The molecule has 2 heterocycles. The van der Waals surface area contributed by atoms with Gasteiger partial charge in [-0.1, -0.05) is 0 Å². The largest absolute Gasteiger partial charge is 0.493 e. The molecule has 0 spiro atoms. The molecule has 0 aromatic carbocycles. The quantitative estimate of drug-likeness (QED) is 0.849. The molecule has 2 N–H and O–H groups in total. The monoisotopic (exact) mass is 340 g/mol. The summed E-state index contributed by atoms with van der Waals surface area (Å²) in [5.74, 6) is -0.851. The molecule has 2 rings (SSSR count). The van der Waals surface area contributed by atoms with E-state index in [1.165, 1.54) is 12.1 Å². The normalized spacial score (nSPS) is 10.2. The minimum Gasteiger partial charge on any atom is -0.493 e. The predicted molar refractivity (Wildman–Crippen MR) is 88.3 cm³/mol. The van der Waals surface area contributed by atoms with Crippen molar-refractivity contribution in [2.45, 2.75) is 33.4 Å². The molecule has 0 radical (unpaired) electrons. The van der Waals surface area contributed by atoms with Crippen molar-refractivity contribution in [3.05, 3.63) is 55.1 Å². The van der Waals surface area contributed by atoms with E-state index in [4.69, 9.17) is 10.5 Å². The number of nitrogens with zero attached hydrogens (tertiary/aromatic N) is 4. The van der Waals surface area contributed by atoms with E-state index in [9.17, 15) is 19.8 Å². The first-order valence-electron chi connectivity index (χ1n) is 7.48. The van der Waals surface area contributed by atoms with Gasteiger partial charge in [-0.3, -0.25) is 18.7 Å². The Morgan fingerprint density at radius 1 is 0.880 bits per heavy atom. The van der Waals surface area contributed by atoms with Crippen LogP contribution in [0.1, 0.15) is 28.7 Å². The summed E-state index contributed by atoms with van der Waals surface area (Å²) in [6.07, 6.45) is 0.225. The van der Waals surface area contributed by atoms with E-state index in [1.54, 1.807) is 13.8 Å². The van der Waals surface area contributed by atoms with Gasteiger partial charge in [0.25, 0.3) is 11.1 Å². The summed E-state index contributed by atoms with van der Waals surface area (Å²) in [6.45, 7) is 3.19. The lowest BCUT2D eigenvalue weighted by atomic mass is 10.1. The third-order valence-electron chi connectivity index (χ3n) is 3.95. The molecule has 2 aromatic heterocycles. The van der Waals surface area contributed by atoms with Gasteiger partial charge in [0.05, 0.1) is 0 Å². The Morgan fingerprint density at radius 2 is 1.24 bits per heavy atom. The van der Waals surface area contributed by atoms with Gasteiger partial charge in [0.1, 0.15) is 23.3 Å². The summed E-state index contributed by atoms with van der Waals surface area (Å²) < 4.78 is 2.07. The first kappa shape index (κ1) is 17.8. The molecular formula is C17H16N4O4. The number of hydrogen-bond donors (Lipinski definition) is 2. The van der Waals surface area contributed by atoms with Crippen molar-refractivity contribution in [3.8, 4) is 23.9 Å². The minimum atomic E-state index is -0.466. The van der Waals surface area contributed by atoms with Gasteiger partial charge in [-0.05, 0) is 31.4 Å². The summed E-state index contributed by atoms with van der Waals surface area (Å²) in [5, 5.41) is 38.2. The number of pyridine rings is 2. The number of rotatable bonds is 4. The lowest BCUT2D eigenvalue weighted by Gasteiger charge is -2.13. The first-order valence-corrected chi connectivity index (χ1v) is 7.48. The fourth-order valence-corrected chi connectivity index (χ4v) is 2.60. The van der Waals surface area contributed by atoms with Crippen LogP contribution in [-0.2, 0) is 13.1 Å². The van der Waals surface area contributed by atoms with E-state index in [0.29, 0.717) is 11.1 Å². The molecule has 0 aliphatic heterocycles. The minimum absolute atomic E-state index is 0.0155. The Hall–Kier alpha value is -3.52. The van der Waals surface area contributed by atoms with Crippen LogP contribution < -0.4 is 11.1 Å². The standard InChI is InChI=1S/C17H16N4O4/c1-10-6-14(22)20(16(24)12(10)8-18)4-3-5-21-15(23)7-11(2)13(9-19)17(21)25/h6-7,24-25H,3-5H2,1-2H3. The molecule has 0 atom stereocenters.